The quantitative estimate of drug-likeness (QED) is 0.657. The van der Waals surface area contributed by atoms with Crippen LogP contribution in [0.5, 0.6) is 5.75 Å². The van der Waals surface area contributed by atoms with Crippen molar-refractivity contribution in [2.75, 3.05) is 12.4 Å². The lowest BCUT2D eigenvalue weighted by Gasteiger charge is -2.10. The standard InChI is InChI=1S/C19H19N3O3S/c1-12-6-4-5-7-16(12)18-21-22-19(25-18)26-13(2)17(23)20-14-8-10-15(24-3)11-9-14/h4-11,13H,1-3H3,(H,20,23). The van der Waals surface area contributed by atoms with Crippen molar-refractivity contribution >= 4 is 23.4 Å². The van der Waals surface area contributed by atoms with Gasteiger partial charge < -0.3 is 14.5 Å². The van der Waals surface area contributed by atoms with Crippen LogP contribution >= 0.6 is 11.8 Å². The maximum atomic E-state index is 12.3. The van der Waals surface area contributed by atoms with Crippen molar-refractivity contribution in [3.63, 3.8) is 0 Å². The number of nitrogens with zero attached hydrogens (tertiary/aromatic N) is 2. The Bertz CT molecular complexity index is 893. The molecule has 0 saturated heterocycles. The SMILES string of the molecule is COc1ccc(NC(=O)C(C)Sc2nnc(-c3ccccc3C)o2)cc1. The first kappa shape index (κ1) is 18.0. The van der Waals surface area contributed by atoms with Gasteiger partial charge in [0.15, 0.2) is 0 Å². The topological polar surface area (TPSA) is 77.2 Å². The van der Waals surface area contributed by atoms with Crippen LogP contribution in [0.3, 0.4) is 0 Å². The van der Waals surface area contributed by atoms with Crippen LogP contribution in [0.2, 0.25) is 0 Å². The van der Waals surface area contributed by atoms with E-state index >= 15 is 0 Å². The third kappa shape index (κ3) is 4.23. The van der Waals surface area contributed by atoms with Crippen molar-refractivity contribution in [1.29, 1.82) is 0 Å². The monoisotopic (exact) mass is 369 g/mol. The van der Waals surface area contributed by atoms with Crippen molar-refractivity contribution in [2.45, 2.75) is 24.3 Å². The molecule has 1 atom stereocenters. The molecule has 1 amide bonds. The van der Waals surface area contributed by atoms with Gasteiger partial charge in [0.2, 0.25) is 11.8 Å². The Kier molecular flexibility index (Phi) is 5.58. The van der Waals surface area contributed by atoms with Gasteiger partial charge in [-0.2, -0.15) is 0 Å². The normalized spacial score (nSPS) is 11.8. The summed E-state index contributed by atoms with van der Waals surface area (Å²) in [5, 5.41) is 10.9. The molecular weight excluding hydrogens is 350 g/mol. The van der Waals surface area contributed by atoms with E-state index in [9.17, 15) is 4.79 Å². The van der Waals surface area contributed by atoms with Gasteiger partial charge >= 0.3 is 0 Å². The van der Waals surface area contributed by atoms with Crippen LogP contribution in [0.25, 0.3) is 11.5 Å². The zero-order chi connectivity index (χ0) is 18.5. The molecule has 3 rings (SSSR count). The zero-order valence-corrected chi connectivity index (χ0v) is 15.5. The van der Waals surface area contributed by atoms with Crippen molar-refractivity contribution in [3.05, 3.63) is 54.1 Å². The molecule has 0 radical (unpaired) electrons. The molecule has 0 bridgehead atoms. The maximum Gasteiger partial charge on any atom is 0.277 e. The van der Waals surface area contributed by atoms with Gasteiger partial charge in [0.25, 0.3) is 5.22 Å². The number of rotatable bonds is 6. The summed E-state index contributed by atoms with van der Waals surface area (Å²) in [6.45, 7) is 3.78. The minimum Gasteiger partial charge on any atom is -0.497 e. The smallest absolute Gasteiger partial charge is 0.277 e. The van der Waals surface area contributed by atoms with Crippen LogP contribution in [0, 0.1) is 6.92 Å². The second-order valence-electron chi connectivity index (χ2n) is 5.67. The molecule has 0 aliphatic carbocycles. The van der Waals surface area contributed by atoms with Crippen molar-refractivity contribution < 1.29 is 13.9 Å². The molecule has 0 fully saturated rings. The first-order valence-electron chi connectivity index (χ1n) is 8.08. The summed E-state index contributed by atoms with van der Waals surface area (Å²) in [4.78, 5) is 12.3. The first-order chi connectivity index (χ1) is 12.6. The van der Waals surface area contributed by atoms with E-state index in [0.29, 0.717) is 16.8 Å². The summed E-state index contributed by atoms with van der Waals surface area (Å²) in [7, 11) is 1.60. The second kappa shape index (κ2) is 8.05. The fourth-order valence-electron chi connectivity index (χ4n) is 2.30. The Morgan fingerprint density at radius 2 is 1.88 bits per heavy atom. The number of hydrogen-bond donors (Lipinski definition) is 1. The van der Waals surface area contributed by atoms with Crippen LogP contribution in [0.4, 0.5) is 5.69 Å². The van der Waals surface area contributed by atoms with E-state index < -0.39 is 0 Å². The number of anilines is 1. The van der Waals surface area contributed by atoms with Crippen LogP contribution < -0.4 is 10.1 Å². The summed E-state index contributed by atoms with van der Waals surface area (Å²) in [6, 6.07) is 14.9. The van der Waals surface area contributed by atoms with Crippen LogP contribution in [-0.2, 0) is 4.79 Å². The Morgan fingerprint density at radius 3 is 2.58 bits per heavy atom. The van der Waals surface area contributed by atoms with Gasteiger partial charge in [-0.25, -0.2) is 0 Å². The van der Waals surface area contributed by atoms with Crippen molar-refractivity contribution in [1.82, 2.24) is 10.2 Å². The molecule has 1 N–H and O–H groups in total. The number of aromatic nitrogens is 2. The third-order valence-electron chi connectivity index (χ3n) is 3.79. The summed E-state index contributed by atoms with van der Waals surface area (Å²) < 4.78 is 10.8. The minimum atomic E-state index is -0.387. The lowest BCUT2D eigenvalue weighted by molar-refractivity contribution is -0.115. The first-order valence-corrected chi connectivity index (χ1v) is 8.96. The Morgan fingerprint density at radius 1 is 1.15 bits per heavy atom. The van der Waals surface area contributed by atoms with Gasteiger partial charge in [0.1, 0.15) is 5.75 Å². The molecule has 134 valence electrons. The largest absolute Gasteiger partial charge is 0.497 e. The van der Waals surface area contributed by atoms with Crippen molar-refractivity contribution in [3.8, 4) is 17.2 Å². The number of aryl methyl sites for hydroxylation is 1. The van der Waals surface area contributed by atoms with E-state index in [2.05, 4.69) is 15.5 Å². The Hall–Kier alpha value is -2.80. The lowest BCUT2D eigenvalue weighted by atomic mass is 10.1. The van der Waals surface area contributed by atoms with E-state index in [0.717, 1.165) is 16.9 Å². The van der Waals surface area contributed by atoms with Gasteiger partial charge in [0.05, 0.1) is 12.4 Å². The van der Waals surface area contributed by atoms with Gasteiger partial charge in [0, 0.05) is 11.3 Å². The molecule has 0 aliphatic heterocycles. The van der Waals surface area contributed by atoms with Crippen LogP contribution in [0.15, 0.2) is 58.2 Å². The molecule has 3 aromatic rings. The van der Waals surface area contributed by atoms with Gasteiger partial charge in [-0.15, -0.1) is 10.2 Å². The number of benzene rings is 2. The molecule has 7 heteroatoms. The Labute approximate surface area is 156 Å². The number of hydrogen-bond acceptors (Lipinski definition) is 6. The zero-order valence-electron chi connectivity index (χ0n) is 14.7. The van der Waals surface area contributed by atoms with Crippen LogP contribution in [-0.4, -0.2) is 28.5 Å². The fourth-order valence-corrected chi connectivity index (χ4v) is 2.99. The number of methoxy groups -OCH3 is 1. The highest BCUT2D eigenvalue weighted by Crippen LogP contribution is 2.28. The maximum absolute atomic E-state index is 12.3. The molecule has 26 heavy (non-hydrogen) atoms. The summed E-state index contributed by atoms with van der Waals surface area (Å²) in [6.07, 6.45) is 0. The average molecular weight is 369 g/mol. The number of amides is 1. The van der Waals surface area contributed by atoms with Crippen molar-refractivity contribution in [2.24, 2.45) is 0 Å². The molecule has 0 saturated carbocycles. The third-order valence-corrected chi connectivity index (χ3v) is 4.72. The van der Waals surface area contributed by atoms with Gasteiger partial charge in [-0.1, -0.05) is 30.0 Å². The summed E-state index contributed by atoms with van der Waals surface area (Å²) in [5.74, 6) is 1.05. The Balaban J connectivity index is 1.63. The lowest BCUT2D eigenvalue weighted by Crippen LogP contribution is -2.22. The van der Waals surface area contributed by atoms with Crippen LogP contribution in [0.1, 0.15) is 12.5 Å². The van der Waals surface area contributed by atoms with E-state index in [1.807, 2.05) is 31.2 Å². The summed E-state index contributed by atoms with van der Waals surface area (Å²) in [5.41, 5.74) is 2.65. The number of thioether (sulfide) groups is 1. The highest BCUT2D eigenvalue weighted by molar-refractivity contribution is 8.00. The van der Waals surface area contributed by atoms with Gasteiger partial charge in [-0.3, -0.25) is 4.79 Å². The van der Waals surface area contributed by atoms with Gasteiger partial charge in [-0.05, 0) is 49.7 Å². The van der Waals surface area contributed by atoms with E-state index in [1.165, 1.54) is 11.8 Å². The predicted molar refractivity (Wildman–Crippen MR) is 101 cm³/mol. The number of carbonyl (C=O) groups excluding carboxylic acids is 1. The molecule has 0 spiro atoms. The fraction of sp³-hybridized carbons (Fsp3) is 0.211. The average Bonchev–Trinajstić information content (AvgIpc) is 3.11. The molecule has 0 aliphatic rings. The molecule has 6 nitrogen and oxygen atoms in total. The second-order valence-corrected chi connectivity index (χ2v) is 6.96. The number of nitrogens with one attached hydrogen (secondary N) is 1. The van der Waals surface area contributed by atoms with E-state index in [1.54, 1.807) is 38.3 Å². The van der Waals surface area contributed by atoms with E-state index in [4.69, 9.17) is 9.15 Å². The predicted octanol–water partition coefficient (Wildman–Crippen LogP) is 4.17. The number of carbonyl (C=O) groups is 1. The van der Waals surface area contributed by atoms with E-state index in [-0.39, 0.29) is 11.2 Å². The molecule has 2 aromatic carbocycles. The molecule has 1 aromatic heterocycles. The number of ether oxygens (including phenoxy) is 1. The molecule has 1 unspecified atom stereocenters. The highest BCUT2D eigenvalue weighted by atomic mass is 32.2. The molecular formula is C19H19N3O3S. The summed E-state index contributed by atoms with van der Waals surface area (Å²) >= 11 is 1.22. The highest BCUT2D eigenvalue weighted by Gasteiger charge is 2.19. The molecule has 1 heterocycles. The minimum absolute atomic E-state index is 0.143.